The number of aromatic nitrogens is 2. The number of H-pyrrole nitrogens is 1. The molecule has 1 heterocycles. The van der Waals surface area contributed by atoms with E-state index < -0.39 is 54.5 Å². The zero-order valence-electron chi connectivity index (χ0n) is 18.5. The third-order valence-corrected chi connectivity index (χ3v) is 5.32. The molecule has 2 rings (SSSR count). The number of carboxylic acids is 1. The van der Waals surface area contributed by atoms with Crippen molar-refractivity contribution in [1.29, 1.82) is 0 Å². The lowest BCUT2D eigenvalue weighted by atomic mass is 10.1. The maximum absolute atomic E-state index is 12.6. The minimum absolute atomic E-state index is 0.0579. The van der Waals surface area contributed by atoms with E-state index in [1.165, 1.54) is 24.7 Å². The number of imidazole rings is 1. The lowest BCUT2D eigenvalue weighted by molar-refractivity contribution is -0.142. The van der Waals surface area contributed by atoms with Gasteiger partial charge < -0.3 is 42.0 Å². The minimum atomic E-state index is -1.41. The average molecular weight is 509 g/mol. The Morgan fingerprint density at radius 1 is 0.971 bits per heavy atom. The number of amides is 3. The Hall–Kier alpha value is -3.62. The number of aliphatic carboxylic acids is 1. The molecule has 0 spiro atoms. The van der Waals surface area contributed by atoms with Crippen molar-refractivity contribution in [3.8, 4) is 5.75 Å². The van der Waals surface area contributed by atoms with E-state index in [-0.39, 0.29) is 24.3 Å². The maximum atomic E-state index is 12.6. The Balaban J connectivity index is 1.94. The zero-order chi connectivity index (χ0) is 26.0. The van der Waals surface area contributed by atoms with Crippen molar-refractivity contribution >= 4 is 36.3 Å². The molecule has 14 heteroatoms. The van der Waals surface area contributed by atoms with Gasteiger partial charge >= 0.3 is 5.97 Å². The number of aliphatic hydroxyl groups is 1. The molecular weight excluding hydrogens is 480 g/mol. The van der Waals surface area contributed by atoms with Crippen molar-refractivity contribution in [2.45, 2.75) is 37.0 Å². The lowest BCUT2D eigenvalue weighted by Crippen LogP contribution is -2.58. The predicted octanol–water partition coefficient (Wildman–Crippen LogP) is -2.31. The fourth-order valence-electron chi connectivity index (χ4n) is 3.01. The molecule has 1 aromatic carbocycles. The number of hydrogen-bond donors (Lipinski definition) is 9. The first-order valence-electron chi connectivity index (χ1n) is 10.5. The van der Waals surface area contributed by atoms with Crippen LogP contribution in [0.15, 0.2) is 36.8 Å². The highest BCUT2D eigenvalue weighted by Gasteiger charge is 2.29. The highest BCUT2D eigenvalue weighted by Crippen LogP contribution is 2.11. The summed E-state index contributed by atoms with van der Waals surface area (Å²) in [6, 6.07) is 1.05. The summed E-state index contributed by atoms with van der Waals surface area (Å²) in [4.78, 5) is 55.6. The number of rotatable bonds is 13. The first-order valence-corrected chi connectivity index (χ1v) is 11.1. The van der Waals surface area contributed by atoms with E-state index in [1.807, 2.05) is 0 Å². The Kier molecular flexibility index (Phi) is 10.5. The lowest BCUT2D eigenvalue weighted by Gasteiger charge is -2.23. The number of nitrogens with one attached hydrogen (secondary N) is 4. The van der Waals surface area contributed by atoms with Crippen LogP contribution in [0.4, 0.5) is 0 Å². The monoisotopic (exact) mass is 508 g/mol. The van der Waals surface area contributed by atoms with E-state index in [0.717, 1.165) is 0 Å². The number of aromatic amines is 1. The van der Waals surface area contributed by atoms with Crippen LogP contribution in [0, 0.1) is 0 Å². The van der Waals surface area contributed by atoms with Crippen LogP contribution in [-0.4, -0.2) is 85.5 Å². The highest BCUT2D eigenvalue weighted by atomic mass is 32.1. The second-order valence-electron chi connectivity index (χ2n) is 7.64. The molecule has 190 valence electrons. The van der Waals surface area contributed by atoms with Crippen molar-refractivity contribution in [1.82, 2.24) is 25.9 Å². The molecule has 3 amide bonds. The van der Waals surface area contributed by atoms with Gasteiger partial charge in [-0.2, -0.15) is 12.6 Å². The number of thiol groups is 1. The van der Waals surface area contributed by atoms with Gasteiger partial charge in [-0.15, -0.1) is 0 Å². The highest BCUT2D eigenvalue weighted by molar-refractivity contribution is 7.80. The summed E-state index contributed by atoms with van der Waals surface area (Å²) in [5, 5.41) is 35.3. The molecule has 0 radical (unpaired) electrons. The van der Waals surface area contributed by atoms with E-state index in [4.69, 9.17) is 5.73 Å². The SMILES string of the molecule is NC(Cc1ccc(O)cc1)C(=O)NC(CO)C(=O)NC(CS)C(=O)NC(Cc1cnc[nH]1)C(=O)O. The molecule has 13 nitrogen and oxygen atoms in total. The molecule has 2 aromatic rings. The number of aromatic hydroxyl groups is 1. The van der Waals surface area contributed by atoms with Crippen molar-refractivity contribution in [2.75, 3.05) is 12.4 Å². The van der Waals surface area contributed by atoms with Crippen LogP contribution < -0.4 is 21.7 Å². The number of carboxylic acid groups (broad SMARTS) is 1. The van der Waals surface area contributed by atoms with E-state index in [0.29, 0.717) is 11.3 Å². The van der Waals surface area contributed by atoms with Crippen molar-refractivity contribution < 1.29 is 34.5 Å². The molecule has 4 unspecified atom stereocenters. The molecule has 0 saturated carbocycles. The number of nitrogens with zero attached hydrogens (tertiary/aromatic N) is 1. The number of benzene rings is 1. The van der Waals surface area contributed by atoms with Gasteiger partial charge in [-0.25, -0.2) is 9.78 Å². The first-order chi connectivity index (χ1) is 16.6. The van der Waals surface area contributed by atoms with Crippen LogP contribution in [-0.2, 0) is 32.0 Å². The smallest absolute Gasteiger partial charge is 0.326 e. The fraction of sp³-hybridized carbons (Fsp3) is 0.381. The van der Waals surface area contributed by atoms with E-state index >= 15 is 0 Å². The molecule has 0 aliphatic rings. The van der Waals surface area contributed by atoms with Gasteiger partial charge in [0.05, 0.1) is 19.0 Å². The van der Waals surface area contributed by atoms with Crippen LogP contribution >= 0.6 is 12.6 Å². The number of carbonyl (C=O) groups excluding carboxylic acids is 3. The summed E-state index contributed by atoms with van der Waals surface area (Å²) in [5.74, 6) is -3.83. The number of hydrogen-bond acceptors (Lipinski definition) is 9. The summed E-state index contributed by atoms with van der Waals surface area (Å²) in [6.45, 7) is -0.776. The summed E-state index contributed by atoms with van der Waals surface area (Å²) in [6.07, 6.45) is 2.83. The van der Waals surface area contributed by atoms with Crippen molar-refractivity contribution in [3.05, 3.63) is 48.0 Å². The second-order valence-corrected chi connectivity index (χ2v) is 8.01. The molecular formula is C21H28N6O7S. The largest absolute Gasteiger partial charge is 0.508 e. The Morgan fingerprint density at radius 3 is 2.11 bits per heavy atom. The molecule has 0 saturated heterocycles. The summed E-state index contributed by atoms with van der Waals surface area (Å²) in [5.41, 5.74) is 7.03. The van der Waals surface area contributed by atoms with Crippen LogP contribution in [0.2, 0.25) is 0 Å². The van der Waals surface area contributed by atoms with Gasteiger partial charge in [0.2, 0.25) is 17.7 Å². The maximum Gasteiger partial charge on any atom is 0.326 e. The van der Waals surface area contributed by atoms with Gasteiger partial charge in [-0.1, -0.05) is 12.1 Å². The van der Waals surface area contributed by atoms with Gasteiger partial charge in [-0.05, 0) is 24.1 Å². The van der Waals surface area contributed by atoms with Gasteiger partial charge in [-0.3, -0.25) is 14.4 Å². The average Bonchev–Trinajstić information content (AvgIpc) is 3.34. The molecule has 0 aliphatic heterocycles. The Labute approximate surface area is 205 Å². The molecule has 0 fully saturated rings. The third kappa shape index (κ3) is 8.59. The number of carbonyl (C=O) groups is 4. The van der Waals surface area contributed by atoms with Gasteiger partial charge in [0.1, 0.15) is 23.9 Å². The predicted molar refractivity (Wildman–Crippen MR) is 126 cm³/mol. The van der Waals surface area contributed by atoms with E-state index in [1.54, 1.807) is 12.1 Å². The summed E-state index contributed by atoms with van der Waals surface area (Å²) < 4.78 is 0. The summed E-state index contributed by atoms with van der Waals surface area (Å²) in [7, 11) is 0. The molecule has 1 aromatic heterocycles. The Morgan fingerprint density at radius 2 is 1.57 bits per heavy atom. The van der Waals surface area contributed by atoms with Gasteiger partial charge in [0.25, 0.3) is 0 Å². The van der Waals surface area contributed by atoms with Crippen LogP contribution in [0.3, 0.4) is 0 Å². The van der Waals surface area contributed by atoms with Crippen molar-refractivity contribution in [3.63, 3.8) is 0 Å². The standard InChI is InChI=1S/C21H28N6O7S/c22-14(5-11-1-3-13(29)4-2-11)18(30)26-16(8-28)19(31)27-17(9-35)20(32)25-15(21(33)34)6-12-7-23-10-24-12/h1-4,7,10,14-17,28-29,35H,5-6,8-9,22H2,(H,23,24)(H,25,32)(H,26,30)(H,27,31)(H,33,34). The summed E-state index contributed by atoms with van der Waals surface area (Å²) >= 11 is 4.03. The number of aliphatic hydroxyl groups excluding tert-OH is 1. The number of phenols is 1. The topological polar surface area (TPSA) is 220 Å². The minimum Gasteiger partial charge on any atom is -0.508 e. The first kappa shape index (κ1) is 27.6. The van der Waals surface area contributed by atoms with Crippen LogP contribution in [0.25, 0.3) is 0 Å². The second kappa shape index (κ2) is 13.3. The molecule has 35 heavy (non-hydrogen) atoms. The zero-order valence-corrected chi connectivity index (χ0v) is 19.4. The number of nitrogens with two attached hydrogens (primary N) is 1. The van der Waals surface area contributed by atoms with Crippen molar-refractivity contribution in [2.24, 2.45) is 5.73 Å². The van der Waals surface area contributed by atoms with E-state index in [9.17, 15) is 34.5 Å². The number of phenolic OH excluding ortho intramolecular Hbond substituents is 1. The molecule has 4 atom stereocenters. The fourth-order valence-corrected chi connectivity index (χ4v) is 3.26. The van der Waals surface area contributed by atoms with Crippen LogP contribution in [0.5, 0.6) is 5.75 Å². The van der Waals surface area contributed by atoms with Gasteiger partial charge in [0.15, 0.2) is 0 Å². The van der Waals surface area contributed by atoms with E-state index in [2.05, 4.69) is 38.5 Å². The van der Waals surface area contributed by atoms with Gasteiger partial charge in [0, 0.05) is 24.1 Å². The normalized spacial score (nSPS) is 14.3. The molecule has 9 N–H and O–H groups in total. The van der Waals surface area contributed by atoms with Crippen LogP contribution in [0.1, 0.15) is 11.3 Å². The third-order valence-electron chi connectivity index (χ3n) is 4.95. The molecule has 0 bridgehead atoms. The quantitative estimate of drug-likeness (QED) is 0.132. The Bertz CT molecular complexity index is 1000. The molecule has 0 aliphatic carbocycles.